The number of rotatable bonds is 5. The molecule has 1 atom stereocenters. The van der Waals surface area contributed by atoms with Crippen LogP contribution in [0.3, 0.4) is 0 Å². The number of nitrogens with zero attached hydrogens (tertiary/aromatic N) is 5. The third kappa shape index (κ3) is 4.18. The average molecular weight is 341 g/mol. The summed E-state index contributed by atoms with van der Waals surface area (Å²) in [6.07, 6.45) is 6.52. The van der Waals surface area contributed by atoms with Gasteiger partial charge in [-0.3, -0.25) is 4.79 Å². The number of hydrogen-bond acceptors (Lipinski definition) is 4. The zero-order valence-corrected chi connectivity index (χ0v) is 15.3. The van der Waals surface area contributed by atoms with E-state index in [4.69, 9.17) is 0 Å². The fraction of sp³-hybridized carbons (Fsp3) is 0.526. The minimum Gasteiger partial charge on any atom is -0.355 e. The Hall–Kier alpha value is -2.37. The number of amides is 1. The first kappa shape index (κ1) is 17.5. The lowest BCUT2D eigenvalue weighted by molar-refractivity contribution is -0.132. The van der Waals surface area contributed by atoms with Gasteiger partial charge in [-0.15, -0.1) is 5.10 Å². The lowest BCUT2D eigenvalue weighted by atomic mass is 10.0. The molecule has 0 saturated carbocycles. The number of aromatic nitrogens is 3. The summed E-state index contributed by atoms with van der Waals surface area (Å²) in [7, 11) is 2.07. The van der Waals surface area contributed by atoms with Crippen LogP contribution in [0.5, 0.6) is 0 Å². The van der Waals surface area contributed by atoms with Crippen molar-refractivity contribution in [3.05, 3.63) is 42.4 Å². The molecular formula is C19H27N5O. The summed E-state index contributed by atoms with van der Waals surface area (Å²) in [6.45, 7) is 5.65. The molecule has 0 radical (unpaired) electrons. The van der Waals surface area contributed by atoms with E-state index in [1.54, 1.807) is 0 Å². The van der Waals surface area contributed by atoms with Crippen LogP contribution in [0.4, 0.5) is 5.82 Å². The number of aryl methyl sites for hydroxylation is 1. The van der Waals surface area contributed by atoms with Crippen LogP contribution in [0.1, 0.15) is 37.9 Å². The van der Waals surface area contributed by atoms with Crippen molar-refractivity contribution in [3.63, 3.8) is 0 Å². The monoisotopic (exact) mass is 341 g/mol. The average Bonchev–Trinajstić information content (AvgIpc) is 3.17. The molecule has 0 unspecified atom stereocenters. The Bertz CT molecular complexity index is 674. The smallest absolute Gasteiger partial charge is 0.224 e. The second-order valence-electron chi connectivity index (χ2n) is 6.94. The van der Waals surface area contributed by atoms with Crippen LogP contribution >= 0.6 is 0 Å². The van der Waals surface area contributed by atoms with E-state index in [-0.39, 0.29) is 11.9 Å². The molecule has 1 aliphatic heterocycles. The standard InChI is InChI=1S/C19H27N5O/c1-15-6-7-18(21-20-15)22(3)17-8-12-24(13-9-17)19(25)14-16(2)23-10-4-5-11-23/h4-7,10-11,16-17H,8-9,12-14H2,1-3H3/t16-/m1/s1. The Balaban J connectivity index is 1.51. The topological polar surface area (TPSA) is 54.3 Å². The Morgan fingerprint density at radius 2 is 1.92 bits per heavy atom. The predicted octanol–water partition coefficient (Wildman–Crippen LogP) is 2.67. The minimum absolute atomic E-state index is 0.200. The first-order valence-electron chi connectivity index (χ1n) is 8.98. The van der Waals surface area contributed by atoms with E-state index in [9.17, 15) is 4.79 Å². The van der Waals surface area contributed by atoms with E-state index in [0.717, 1.165) is 37.4 Å². The van der Waals surface area contributed by atoms with Crippen molar-refractivity contribution in [2.75, 3.05) is 25.0 Å². The summed E-state index contributed by atoms with van der Waals surface area (Å²) in [5, 5.41) is 8.40. The third-order valence-electron chi connectivity index (χ3n) is 5.12. The molecule has 0 N–H and O–H groups in total. The number of hydrogen-bond donors (Lipinski definition) is 0. The predicted molar refractivity (Wildman–Crippen MR) is 98.5 cm³/mol. The van der Waals surface area contributed by atoms with Crippen LogP contribution < -0.4 is 4.90 Å². The van der Waals surface area contributed by atoms with Crippen LogP contribution in [0, 0.1) is 6.92 Å². The molecule has 0 aromatic carbocycles. The van der Waals surface area contributed by atoms with Crippen molar-refractivity contribution in [1.29, 1.82) is 0 Å². The molecular weight excluding hydrogens is 314 g/mol. The maximum absolute atomic E-state index is 12.6. The molecule has 6 heteroatoms. The summed E-state index contributed by atoms with van der Waals surface area (Å²) in [4.78, 5) is 16.8. The Morgan fingerprint density at radius 3 is 2.52 bits per heavy atom. The number of carbonyl (C=O) groups excluding carboxylic acids is 1. The van der Waals surface area contributed by atoms with Crippen LogP contribution in [-0.4, -0.2) is 51.8 Å². The minimum atomic E-state index is 0.200. The van der Waals surface area contributed by atoms with Gasteiger partial charge in [0.25, 0.3) is 0 Å². The molecule has 0 bridgehead atoms. The molecule has 1 aliphatic rings. The summed E-state index contributed by atoms with van der Waals surface area (Å²) < 4.78 is 2.09. The number of piperidine rings is 1. The van der Waals surface area contributed by atoms with E-state index in [2.05, 4.69) is 33.6 Å². The quantitative estimate of drug-likeness (QED) is 0.839. The Labute approximate surface area is 149 Å². The van der Waals surface area contributed by atoms with Gasteiger partial charge in [0, 0.05) is 51.0 Å². The molecule has 0 aliphatic carbocycles. The fourth-order valence-electron chi connectivity index (χ4n) is 3.40. The van der Waals surface area contributed by atoms with Gasteiger partial charge >= 0.3 is 0 Å². The number of anilines is 1. The fourth-order valence-corrected chi connectivity index (χ4v) is 3.40. The van der Waals surface area contributed by atoms with Gasteiger partial charge in [-0.05, 0) is 51.0 Å². The molecule has 2 aromatic heterocycles. The summed E-state index contributed by atoms with van der Waals surface area (Å²) >= 11 is 0. The van der Waals surface area contributed by atoms with Crippen molar-refractivity contribution in [1.82, 2.24) is 19.7 Å². The molecule has 134 valence electrons. The molecule has 3 heterocycles. The van der Waals surface area contributed by atoms with Crippen molar-refractivity contribution >= 4 is 11.7 Å². The highest BCUT2D eigenvalue weighted by Crippen LogP contribution is 2.22. The SMILES string of the molecule is Cc1ccc(N(C)C2CCN(C(=O)C[C@@H](C)n3cccc3)CC2)nn1. The highest BCUT2D eigenvalue weighted by atomic mass is 16.2. The second kappa shape index (κ2) is 7.68. The maximum atomic E-state index is 12.6. The first-order chi connectivity index (χ1) is 12.0. The van der Waals surface area contributed by atoms with Gasteiger partial charge in [0.05, 0.1) is 5.69 Å². The first-order valence-corrected chi connectivity index (χ1v) is 8.98. The molecule has 6 nitrogen and oxygen atoms in total. The molecule has 3 rings (SSSR count). The van der Waals surface area contributed by atoms with Gasteiger partial charge in [0.15, 0.2) is 5.82 Å². The summed E-state index contributed by atoms with van der Waals surface area (Å²) in [6, 6.07) is 8.60. The largest absolute Gasteiger partial charge is 0.355 e. The van der Waals surface area contributed by atoms with Crippen molar-refractivity contribution in [2.24, 2.45) is 0 Å². The van der Waals surface area contributed by atoms with Gasteiger partial charge in [0.1, 0.15) is 0 Å². The Kier molecular flexibility index (Phi) is 5.36. The zero-order chi connectivity index (χ0) is 17.8. The lowest BCUT2D eigenvalue weighted by Crippen LogP contribution is -2.46. The van der Waals surface area contributed by atoms with Gasteiger partial charge in [-0.25, -0.2) is 0 Å². The van der Waals surface area contributed by atoms with Crippen molar-refractivity contribution in [3.8, 4) is 0 Å². The van der Waals surface area contributed by atoms with E-state index >= 15 is 0 Å². The molecule has 1 amide bonds. The molecule has 2 aromatic rings. The van der Waals surface area contributed by atoms with Crippen LogP contribution in [0.15, 0.2) is 36.7 Å². The summed E-state index contributed by atoms with van der Waals surface area (Å²) in [5.41, 5.74) is 0.925. The highest BCUT2D eigenvalue weighted by molar-refractivity contribution is 5.76. The highest BCUT2D eigenvalue weighted by Gasteiger charge is 2.26. The maximum Gasteiger partial charge on any atom is 0.224 e. The normalized spacial score (nSPS) is 16.7. The Morgan fingerprint density at radius 1 is 1.24 bits per heavy atom. The number of carbonyl (C=O) groups is 1. The van der Waals surface area contributed by atoms with Crippen LogP contribution in [0.25, 0.3) is 0 Å². The van der Waals surface area contributed by atoms with Crippen molar-refractivity contribution < 1.29 is 4.79 Å². The molecule has 1 fully saturated rings. The second-order valence-corrected chi connectivity index (χ2v) is 6.94. The van der Waals surface area contributed by atoms with Gasteiger partial charge in [-0.1, -0.05) is 0 Å². The third-order valence-corrected chi connectivity index (χ3v) is 5.12. The van der Waals surface area contributed by atoms with Gasteiger partial charge < -0.3 is 14.4 Å². The molecule has 0 spiro atoms. The van der Waals surface area contributed by atoms with E-state index in [1.165, 1.54) is 0 Å². The molecule has 1 saturated heterocycles. The van der Waals surface area contributed by atoms with E-state index in [0.29, 0.717) is 12.5 Å². The van der Waals surface area contributed by atoms with E-state index in [1.807, 2.05) is 48.5 Å². The van der Waals surface area contributed by atoms with Gasteiger partial charge in [-0.2, -0.15) is 5.10 Å². The lowest BCUT2D eigenvalue weighted by Gasteiger charge is -2.37. The van der Waals surface area contributed by atoms with Crippen LogP contribution in [-0.2, 0) is 4.79 Å². The van der Waals surface area contributed by atoms with Crippen LogP contribution in [0.2, 0.25) is 0 Å². The summed E-state index contributed by atoms with van der Waals surface area (Å²) in [5.74, 6) is 1.15. The molecule has 25 heavy (non-hydrogen) atoms. The van der Waals surface area contributed by atoms with E-state index < -0.39 is 0 Å². The zero-order valence-electron chi connectivity index (χ0n) is 15.3. The van der Waals surface area contributed by atoms with Gasteiger partial charge in [0.2, 0.25) is 5.91 Å². The number of likely N-dealkylation sites (tertiary alicyclic amines) is 1. The van der Waals surface area contributed by atoms with Crippen molar-refractivity contribution in [2.45, 2.75) is 45.2 Å².